The Labute approximate surface area is 157 Å². The zero-order chi connectivity index (χ0) is 19.3. The highest BCUT2D eigenvalue weighted by Gasteiger charge is 2.24. The molecule has 6 nitrogen and oxygen atoms in total. The van der Waals surface area contributed by atoms with Gasteiger partial charge in [-0.3, -0.25) is 14.4 Å². The topological polar surface area (TPSA) is 80.5 Å². The highest BCUT2D eigenvalue weighted by Crippen LogP contribution is 2.27. The number of nitro benzene ring substituents is 1. The first-order valence-electron chi connectivity index (χ1n) is 8.28. The normalized spacial score (nSPS) is 11.1. The molecule has 0 heterocycles. The van der Waals surface area contributed by atoms with E-state index in [1.807, 2.05) is 36.4 Å². The number of rotatable bonds is 7. The predicted octanol–water partition coefficient (Wildman–Crippen LogP) is 4.13. The maximum absolute atomic E-state index is 13.1. The smallest absolute Gasteiger partial charge is 0.265 e. The maximum Gasteiger partial charge on any atom is 0.271 e. The van der Waals surface area contributed by atoms with E-state index < -0.39 is 14.9 Å². The Morgan fingerprint density at radius 1 is 0.815 bits per heavy atom. The summed E-state index contributed by atoms with van der Waals surface area (Å²) < 4.78 is 27.5. The second-order valence-corrected chi connectivity index (χ2v) is 7.90. The molecule has 0 saturated carbocycles. The lowest BCUT2D eigenvalue weighted by Crippen LogP contribution is -2.31. The number of sulfonamides is 1. The molecule has 0 bridgehead atoms. The molecule has 0 atom stereocenters. The Morgan fingerprint density at radius 3 is 2.00 bits per heavy atom. The van der Waals surface area contributed by atoms with E-state index in [0.29, 0.717) is 5.56 Å². The van der Waals surface area contributed by atoms with E-state index in [2.05, 4.69) is 0 Å². The van der Waals surface area contributed by atoms with Crippen LogP contribution in [0, 0.1) is 10.1 Å². The van der Waals surface area contributed by atoms with Crippen LogP contribution in [0.5, 0.6) is 0 Å². The lowest BCUT2D eigenvalue weighted by molar-refractivity contribution is -0.384. The summed E-state index contributed by atoms with van der Waals surface area (Å²) in [6, 6.07) is 23.7. The van der Waals surface area contributed by atoms with Crippen molar-refractivity contribution < 1.29 is 13.3 Å². The standard InChI is InChI=1S/C20H18N2O4S/c23-22(24)20-13-7-12-19(14-20)21(15-17-8-3-1-4-9-17)27(25,26)16-18-10-5-2-6-11-18/h1-14H,15-16H2. The number of anilines is 1. The molecule has 0 radical (unpaired) electrons. The molecule has 0 N–H and O–H groups in total. The van der Waals surface area contributed by atoms with Crippen LogP contribution in [0.2, 0.25) is 0 Å². The molecule has 138 valence electrons. The van der Waals surface area contributed by atoms with Crippen LogP contribution in [-0.2, 0) is 22.3 Å². The fourth-order valence-corrected chi connectivity index (χ4v) is 4.27. The van der Waals surface area contributed by atoms with Gasteiger partial charge in [-0.05, 0) is 17.2 Å². The van der Waals surface area contributed by atoms with E-state index in [1.54, 1.807) is 30.3 Å². The number of nitrogens with zero attached hydrogens (tertiary/aromatic N) is 2. The van der Waals surface area contributed by atoms with Gasteiger partial charge in [0.1, 0.15) is 0 Å². The molecule has 0 aliphatic carbocycles. The van der Waals surface area contributed by atoms with Crippen LogP contribution in [-0.4, -0.2) is 13.3 Å². The minimum Gasteiger partial charge on any atom is -0.265 e. The molecule has 0 aromatic heterocycles. The largest absolute Gasteiger partial charge is 0.271 e. The van der Waals surface area contributed by atoms with E-state index in [1.165, 1.54) is 22.5 Å². The summed E-state index contributed by atoms with van der Waals surface area (Å²) in [5.74, 6) is -0.191. The summed E-state index contributed by atoms with van der Waals surface area (Å²) in [6.07, 6.45) is 0. The van der Waals surface area contributed by atoms with Crippen molar-refractivity contribution in [3.63, 3.8) is 0 Å². The first-order valence-corrected chi connectivity index (χ1v) is 9.89. The summed E-state index contributed by atoms with van der Waals surface area (Å²) in [6.45, 7) is 0.0944. The number of nitro groups is 1. The SMILES string of the molecule is O=[N+]([O-])c1cccc(N(Cc2ccccc2)S(=O)(=O)Cc2ccccc2)c1. The lowest BCUT2D eigenvalue weighted by atomic mass is 10.2. The fourth-order valence-electron chi connectivity index (χ4n) is 2.72. The van der Waals surface area contributed by atoms with Gasteiger partial charge in [0.25, 0.3) is 5.69 Å². The second kappa shape index (κ2) is 8.01. The van der Waals surface area contributed by atoms with Crippen molar-refractivity contribution in [2.45, 2.75) is 12.3 Å². The van der Waals surface area contributed by atoms with Gasteiger partial charge in [0, 0.05) is 12.1 Å². The van der Waals surface area contributed by atoms with Gasteiger partial charge in [-0.1, -0.05) is 66.7 Å². The van der Waals surface area contributed by atoms with Gasteiger partial charge in [0.05, 0.1) is 22.9 Å². The monoisotopic (exact) mass is 382 g/mol. The first-order chi connectivity index (χ1) is 13.0. The molecule has 0 saturated heterocycles. The number of non-ortho nitro benzene ring substituents is 1. The predicted molar refractivity (Wildman–Crippen MR) is 105 cm³/mol. The third-order valence-corrected chi connectivity index (χ3v) is 5.73. The van der Waals surface area contributed by atoms with Gasteiger partial charge >= 0.3 is 0 Å². The zero-order valence-corrected chi connectivity index (χ0v) is 15.2. The van der Waals surface area contributed by atoms with Gasteiger partial charge in [-0.2, -0.15) is 0 Å². The van der Waals surface area contributed by atoms with Gasteiger partial charge in [-0.25, -0.2) is 8.42 Å². The number of hydrogen-bond donors (Lipinski definition) is 0. The third-order valence-electron chi connectivity index (χ3n) is 4.03. The van der Waals surface area contributed by atoms with Crippen molar-refractivity contribution in [2.75, 3.05) is 4.31 Å². The molecule has 0 unspecified atom stereocenters. The summed E-state index contributed by atoms with van der Waals surface area (Å²) in [5.41, 5.74) is 1.56. The van der Waals surface area contributed by atoms with Gasteiger partial charge in [0.2, 0.25) is 10.0 Å². The molecule has 3 aromatic rings. The number of hydrogen-bond acceptors (Lipinski definition) is 4. The van der Waals surface area contributed by atoms with E-state index in [4.69, 9.17) is 0 Å². The van der Waals surface area contributed by atoms with Crippen LogP contribution in [0.25, 0.3) is 0 Å². The van der Waals surface area contributed by atoms with Gasteiger partial charge in [-0.15, -0.1) is 0 Å². The van der Waals surface area contributed by atoms with Crippen LogP contribution in [0.15, 0.2) is 84.9 Å². The van der Waals surface area contributed by atoms with E-state index >= 15 is 0 Å². The molecule has 3 rings (SSSR count). The van der Waals surface area contributed by atoms with Crippen molar-refractivity contribution in [1.29, 1.82) is 0 Å². The van der Waals surface area contributed by atoms with E-state index in [9.17, 15) is 18.5 Å². The molecule has 27 heavy (non-hydrogen) atoms. The van der Waals surface area contributed by atoms with Crippen LogP contribution in [0.4, 0.5) is 11.4 Å². The molecule has 3 aromatic carbocycles. The molecular formula is C20H18N2O4S. The molecular weight excluding hydrogens is 364 g/mol. The minimum absolute atomic E-state index is 0.0944. The molecule has 0 aliphatic rings. The molecule has 7 heteroatoms. The van der Waals surface area contributed by atoms with Crippen molar-refractivity contribution in [2.24, 2.45) is 0 Å². The fraction of sp³-hybridized carbons (Fsp3) is 0.100. The third kappa shape index (κ3) is 4.71. The van der Waals surface area contributed by atoms with Crippen LogP contribution in [0.3, 0.4) is 0 Å². The van der Waals surface area contributed by atoms with Crippen molar-refractivity contribution in [1.82, 2.24) is 0 Å². The van der Waals surface area contributed by atoms with Crippen molar-refractivity contribution in [3.05, 3.63) is 106 Å². The molecule has 0 fully saturated rings. The number of benzene rings is 3. The molecule has 0 aliphatic heterocycles. The van der Waals surface area contributed by atoms with Crippen molar-refractivity contribution >= 4 is 21.4 Å². The summed E-state index contributed by atoms with van der Waals surface area (Å²) in [4.78, 5) is 10.6. The Bertz CT molecular complexity index is 1020. The minimum atomic E-state index is -3.76. The zero-order valence-electron chi connectivity index (χ0n) is 14.4. The quantitative estimate of drug-likeness (QED) is 0.454. The Balaban J connectivity index is 2.01. The van der Waals surface area contributed by atoms with E-state index in [0.717, 1.165) is 5.56 Å². The Hall–Kier alpha value is -3.19. The van der Waals surface area contributed by atoms with Crippen LogP contribution in [0.1, 0.15) is 11.1 Å². The first kappa shape index (κ1) is 18.6. The highest BCUT2D eigenvalue weighted by atomic mass is 32.2. The summed E-state index contributed by atoms with van der Waals surface area (Å²) in [7, 11) is -3.76. The van der Waals surface area contributed by atoms with Crippen molar-refractivity contribution in [3.8, 4) is 0 Å². The van der Waals surface area contributed by atoms with Crippen LogP contribution >= 0.6 is 0 Å². The highest BCUT2D eigenvalue weighted by molar-refractivity contribution is 7.92. The van der Waals surface area contributed by atoms with E-state index in [-0.39, 0.29) is 23.7 Å². The summed E-state index contributed by atoms with van der Waals surface area (Å²) in [5, 5.41) is 11.1. The molecule has 0 spiro atoms. The maximum atomic E-state index is 13.1. The lowest BCUT2D eigenvalue weighted by Gasteiger charge is -2.24. The Kier molecular flexibility index (Phi) is 5.52. The molecule has 0 amide bonds. The average Bonchev–Trinajstić information content (AvgIpc) is 2.67. The summed E-state index contributed by atoms with van der Waals surface area (Å²) >= 11 is 0. The van der Waals surface area contributed by atoms with Gasteiger partial charge in [0.15, 0.2) is 0 Å². The average molecular weight is 382 g/mol. The van der Waals surface area contributed by atoms with Crippen LogP contribution < -0.4 is 4.31 Å². The second-order valence-electron chi connectivity index (χ2n) is 6.01. The van der Waals surface area contributed by atoms with Gasteiger partial charge < -0.3 is 0 Å². The Morgan fingerprint density at radius 2 is 1.41 bits per heavy atom.